The minimum atomic E-state index is 0.0232. The van der Waals surface area contributed by atoms with E-state index < -0.39 is 0 Å². The minimum Gasteiger partial charge on any atom is -0.368 e. The van der Waals surface area contributed by atoms with Crippen molar-refractivity contribution < 1.29 is 0 Å². The normalized spacial score (nSPS) is 12.2. The molecule has 3 N–H and O–H groups in total. The smallest absolute Gasteiger partial charge is 0.231 e. The van der Waals surface area contributed by atoms with E-state index in [0.29, 0.717) is 11.9 Å². The van der Waals surface area contributed by atoms with Gasteiger partial charge in [-0.3, -0.25) is 0 Å². The van der Waals surface area contributed by atoms with Crippen LogP contribution in [0.3, 0.4) is 0 Å². The lowest BCUT2D eigenvalue weighted by molar-refractivity contribution is 0.800. The summed E-state index contributed by atoms with van der Waals surface area (Å²) < 4.78 is 0. The average molecular weight is 307 g/mol. The van der Waals surface area contributed by atoms with Crippen LogP contribution in [0.2, 0.25) is 0 Å². The molecule has 0 fully saturated rings. The monoisotopic (exact) mass is 307 g/mol. The lowest BCUT2D eigenvalue weighted by atomic mass is 10.4. The van der Waals surface area contributed by atoms with Gasteiger partial charge in [-0.25, -0.2) is 4.98 Å². The molecule has 0 aliphatic rings. The molecule has 0 radical (unpaired) electrons. The zero-order valence-electron chi connectivity index (χ0n) is 12.8. The fourth-order valence-electron chi connectivity index (χ4n) is 1.92. The van der Waals surface area contributed by atoms with Gasteiger partial charge in [0.05, 0.1) is 6.04 Å². The topological polar surface area (TPSA) is 92.9 Å². The lowest BCUT2D eigenvalue weighted by Crippen LogP contribution is -2.25. The van der Waals surface area contributed by atoms with Crippen LogP contribution in [0, 0.1) is 6.92 Å². The van der Waals surface area contributed by atoms with Gasteiger partial charge < -0.3 is 16.0 Å². The number of anilines is 3. The van der Waals surface area contributed by atoms with Gasteiger partial charge in [-0.15, -0.1) is 11.3 Å². The lowest BCUT2D eigenvalue weighted by Gasteiger charge is -2.19. The number of aromatic nitrogens is 4. The van der Waals surface area contributed by atoms with E-state index in [1.165, 1.54) is 4.88 Å². The maximum atomic E-state index is 5.78. The Labute approximate surface area is 128 Å². The highest BCUT2D eigenvalue weighted by Crippen LogP contribution is 2.22. The molecule has 1 unspecified atom stereocenters. The zero-order valence-corrected chi connectivity index (χ0v) is 13.6. The first-order valence-corrected chi connectivity index (χ1v) is 7.80. The van der Waals surface area contributed by atoms with Crippen LogP contribution in [0.4, 0.5) is 17.8 Å². The molecule has 0 aromatic carbocycles. The van der Waals surface area contributed by atoms with Crippen molar-refractivity contribution in [2.75, 3.05) is 29.0 Å². The predicted octanol–water partition coefficient (Wildman–Crippen LogP) is 2.24. The SMILES string of the molecule is CCN(CC)c1nc(N)nc(NC(C)c2ncc(C)s2)n1. The van der Waals surface area contributed by atoms with Gasteiger partial charge in [0.2, 0.25) is 17.8 Å². The first-order chi connectivity index (χ1) is 10.0. The Kier molecular flexibility index (Phi) is 4.89. The van der Waals surface area contributed by atoms with Gasteiger partial charge in [0.1, 0.15) is 5.01 Å². The van der Waals surface area contributed by atoms with E-state index in [1.54, 1.807) is 11.3 Å². The maximum Gasteiger partial charge on any atom is 0.231 e. The highest BCUT2D eigenvalue weighted by Gasteiger charge is 2.14. The summed E-state index contributed by atoms with van der Waals surface area (Å²) in [6, 6.07) is 0.0232. The number of rotatable bonds is 6. The quantitative estimate of drug-likeness (QED) is 0.845. The number of hydrogen-bond donors (Lipinski definition) is 2. The predicted molar refractivity (Wildman–Crippen MR) is 86.7 cm³/mol. The molecule has 21 heavy (non-hydrogen) atoms. The Morgan fingerprint density at radius 3 is 2.57 bits per heavy atom. The number of nitrogen functional groups attached to an aromatic ring is 1. The Morgan fingerprint density at radius 2 is 2.00 bits per heavy atom. The number of thiazole rings is 1. The summed E-state index contributed by atoms with van der Waals surface area (Å²) in [6.07, 6.45) is 1.86. The van der Waals surface area contributed by atoms with Crippen LogP contribution < -0.4 is 16.0 Å². The largest absolute Gasteiger partial charge is 0.368 e. The molecular formula is C13H21N7S. The molecule has 2 rings (SSSR count). The van der Waals surface area contributed by atoms with E-state index in [1.807, 2.05) is 24.9 Å². The fraction of sp³-hybridized carbons (Fsp3) is 0.538. The molecule has 114 valence electrons. The third-order valence-corrected chi connectivity index (χ3v) is 4.14. The summed E-state index contributed by atoms with van der Waals surface area (Å²) in [5.74, 6) is 1.29. The molecule has 7 nitrogen and oxygen atoms in total. The van der Waals surface area contributed by atoms with Crippen molar-refractivity contribution in [3.05, 3.63) is 16.1 Å². The van der Waals surface area contributed by atoms with Crippen LogP contribution in [-0.4, -0.2) is 33.0 Å². The molecule has 2 aromatic rings. The molecule has 0 saturated carbocycles. The summed E-state index contributed by atoms with van der Waals surface area (Å²) in [4.78, 5) is 20.4. The molecule has 0 aliphatic carbocycles. The molecule has 0 aliphatic heterocycles. The van der Waals surface area contributed by atoms with E-state index >= 15 is 0 Å². The van der Waals surface area contributed by atoms with Crippen molar-refractivity contribution in [1.29, 1.82) is 0 Å². The van der Waals surface area contributed by atoms with Gasteiger partial charge in [-0.05, 0) is 27.7 Å². The Morgan fingerprint density at radius 1 is 1.29 bits per heavy atom. The second kappa shape index (κ2) is 6.66. The molecule has 1 atom stereocenters. The second-order valence-electron chi connectivity index (χ2n) is 4.66. The summed E-state index contributed by atoms with van der Waals surface area (Å²) in [5.41, 5.74) is 5.78. The number of nitrogens with two attached hydrogens (primary N) is 1. The Balaban J connectivity index is 2.19. The standard InChI is InChI=1S/C13H21N7S/c1-5-20(6-2)13-18-11(14)17-12(19-13)16-9(4)10-15-7-8(3)21-10/h7,9H,5-6H2,1-4H3,(H3,14,16,17,18,19). The van der Waals surface area contributed by atoms with Crippen molar-refractivity contribution in [3.63, 3.8) is 0 Å². The van der Waals surface area contributed by atoms with E-state index in [-0.39, 0.29) is 12.0 Å². The fourth-order valence-corrected chi connectivity index (χ4v) is 2.70. The van der Waals surface area contributed by atoms with Gasteiger partial charge >= 0.3 is 0 Å². The summed E-state index contributed by atoms with van der Waals surface area (Å²) in [5, 5.41) is 4.23. The molecule has 0 amide bonds. The first kappa shape index (κ1) is 15.4. The zero-order chi connectivity index (χ0) is 15.4. The molecule has 2 aromatic heterocycles. The Bertz CT molecular complexity index is 594. The van der Waals surface area contributed by atoms with Crippen LogP contribution in [0.5, 0.6) is 0 Å². The summed E-state index contributed by atoms with van der Waals surface area (Å²) in [6.45, 7) is 9.80. The third-order valence-electron chi connectivity index (χ3n) is 3.04. The van der Waals surface area contributed by atoms with E-state index in [9.17, 15) is 0 Å². The van der Waals surface area contributed by atoms with Gasteiger partial charge in [-0.2, -0.15) is 15.0 Å². The van der Waals surface area contributed by atoms with Crippen molar-refractivity contribution >= 4 is 29.2 Å². The number of nitrogens with one attached hydrogen (secondary N) is 1. The molecule has 8 heteroatoms. The van der Waals surface area contributed by atoms with Crippen molar-refractivity contribution in [1.82, 2.24) is 19.9 Å². The maximum absolute atomic E-state index is 5.78. The Hall–Kier alpha value is -1.96. The van der Waals surface area contributed by atoms with Crippen LogP contribution in [0.1, 0.15) is 36.7 Å². The summed E-state index contributed by atoms with van der Waals surface area (Å²) in [7, 11) is 0. The van der Waals surface area contributed by atoms with Crippen molar-refractivity contribution in [2.24, 2.45) is 0 Å². The van der Waals surface area contributed by atoms with Gasteiger partial charge in [-0.1, -0.05) is 0 Å². The summed E-state index contributed by atoms with van der Waals surface area (Å²) >= 11 is 1.65. The van der Waals surface area contributed by atoms with Gasteiger partial charge in [0.25, 0.3) is 0 Å². The first-order valence-electron chi connectivity index (χ1n) is 6.98. The molecule has 2 heterocycles. The molecular weight excluding hydrogens is 286 g/mol. The third kappa shape index (κ3) is 3.78. The van der Waals surface area contributed by atoms with E-state index in [0.717, 1.165) is 18.1 Å². The number of aryl methyl sites for hydroxylation is 1. The van der Waals surface area contributed by atoms with E-state index in [4.69, 9.17) is 5.73 Å². The van der Waals surface area contributed by atoms with Gasteiger partial charge in [0.15, 0.2) is 0 Å². The van der Waals surface area contributed by atoms with Crippen LogP contribution in [0.25, 0.3) is 0 Å². The highest BCUT2D eigenvalue weighted by atomic mass is 32.1. The van der Waals surface area contributed by atoms with Crippen LogP contribution in [-0.2, 0) is 0 Å². The van der Waals surface area contributed by atoms with Crippen molar-refractivity contribution in [3.8, 4) is 0 Å². The molecule has 0 bridgehead atoms. The van der Waals surface area contributed by atoms with Gasteiger partial charge in [0, 0.05) is 24.2 Å². The average Bonchev–Trinajstić information content (AvgIpc) is 2.86. The number of nitrogens with zero attached hydrogens (tertiary/aromatic N) is 5. The molecule has 0 spiro atoms. The minimum absolute atomic E-state index is 0.0232. The van der Waals surface area contributed by atoms with E-state index in [2.05, 4.69) is 39.1 Å². The molecule has 0 saturated heterocycles. The number of hydrogen-bond acceptors (Lipinski definition) is 8. The van der Waals surface area contributed by atoms with Crippen molar-refractivity contribution in [2.45, 2.75) is 33.7 Å². The highest BCUT2D eigenvalue weighted by molar-refractivity contribution is 7.11. The second-order valence-corrected chi connectivity index (χ2v) is 5.93. The van der Waals surface area contributed by atoms with Crippen LogP contribution in [0.15, 0.2) is 6.20 Å². The van der Waals surface area contributed by atoms with Crippen LogP contribution >= 0.6 is 11.3 Å².